The van der Waals surface area contributed by atoms with Gasteiger partial charge in [-0.15, -0.1) is 37.1 Å². The number of aliphatic imine (C=N–C) groups is 1. The zero-order chi connectivity index (χ0) is 20.9. The zero-order valence-electron chi connectivity index (χ0n) is 15.2. The lowest BCUT2D eigenvalue weighted by molar-refractivity contribution is -0.274. The van der Waals surface area contributed by atoms with E-state index in [1.54, 1.807) is 24.3 Å². The molecule has 0 atom stereocenters. The number of nitrogens with one attached hydrogen (secondary N) is 1. The number of benzene rings is 2. The Labute approximate surface area is 191 Å². The molecule has 0 unspecified atom stereocenters. The smallest absolute Gasteiger partial charge is 0.406 e. The van der Waals surface area contributed by atoms with Gasteiger partial charge in [-0.3, -0.25) is 0 Å². The highest BCUT2D eigenvalue weighted by Gasteiger charge is 2.30. The molecule has 0 aliphatic heterocycles. The van der Waals surface area contributed by atoms with E-state index >= 15 is 0 Å². The highest BCUT2D eigenvalue weighted by atomic mass is 127. The summed E-state index contributed by atoms with van der Waals surface area (Å²) in [6, 6.07) is 12.3. The third kappa shape index (κ3) is 7.37. The summed E-state index contributed by atoms with van der Waals surface area (Å²) in [7, 11) is 0. The van der Waals surface area contributed by atoms with E-state index in [9.17, 15) is 13.2 Å². The molecule has 0 fully saturated rings. The Morgan fingerprint density at radius 3 is 2.43 bits per heavy atom. The number of nitrogens with two attached hydrogens (primary N) is 1. The van der Waals surface area contributed by atoms with Gasteiger partial charge in [-0.05, 0) is 42.0 Å². The molecule has 30 heavy (non-hydrogen) atoms. The molecule has 0 saturated carbocycles. The number of aromatic nitrogens is 2. The van der Waals surface area contributed by atoms with Crippen LogP contribution in [0.3, 0.4) is 0 Å². The third-order valence-corrected chi connectivity index (χ3v) is 3.83. The maximum Gasteiger partial charge on any atom is 0.573 e. The van der Waals surface area contributed by atoms with Gasteiger partial charge in [0.1, 0.15) is 5.75 Å². The van der Waals surface area contributed by atoms with Crippen LogP contribution in [0.1, 0.15) is 11.5 Å². The molecular weight excluding hydrogens is 538 g/mol. The molecule has 0 radical (unpaired) electrons. The summed E-state index contributed by atoms with van der Waals surface area (Å²) in [5.41, 5.74) is 7.19. The number of nitrogens with zero attached hydrogens (tertiary/aromatic N) is 3. The molecule has 2 aromatic carbocycles. The van der Waals surface area contributed by atoms with E-state index in [4.69, 9.17) is 21.9 Å². The monoisotopic (exact) mass is 553 g/mol. The van der Waals surface area contributed by atoms with Crippen LogP contribution in [0.15, 0.2) is 58.0 Å². The van der Waals surface area contributed by atoms with Crippen molar-refractivity contribution in [3.8, 4) is 17.1 Å². The van der Waals surface area contributed by atoms with Gasteiger partial charge in [0.2, 0.25) is 11.7 Å². The molecule has 0 amide bonds. The number of hydrogen-bond acceptors (Lipinski definition) is 5. The minimum absolute atomic E-state index is 0. The van der Waals surface area contributed by atoms with Gasteiger partial charge in [0.25, 0.3) is 0 Å². The topological polar surface area (TPSA) is 98.6 Å². The molecule has 12 heteroatoms. The Bertz CT molecular complexity index is 979. The van der Waals surface area contributed by atoms with Gasteiger partial charge >= 0.3 is 6.36 Å². The molecule has 0 aliphatic carbocycles. The lowest BCUT2D eigenvalue weighted by atomic mass is 10.2. The molecule has 1 aromatic heterocycles. The van der Waals surface area contributed by atoms with Crippen molar-refractivity contribution in [2.45, 2.75) is 19.5 Å². The van der Waals surface area contributed by atoms with Gasteiger partial charge in [0, 0.05) is 10.6 Å². The molecule has 1 heterocycles. The van der Waals surface area contributed by atoms with Crippen LogP contribution in [0.5, 0.6) is 5.75 Å². The van der Waals surface area contributed by atoms with Crippen molar-refractivity contribution in [1.82, 2.24) is 15.5 Å². The predicted molar refractivity (Wildman–Crippen MR) is 115 cm³/mol. The Morgan fingerprint density at radius 2 is 1.80 bits per heavy atom. The molecule has 0 aliphatic rings. The lowest BCUT2D eigenvalue weighted by Gasteiger charge is -2.08. The van der Waals surface area contributed by atoms with E-state index in [2.05, 4.69) is 25.2 Å². The van der Waals surface area contributed by atoms with Crippen molar-refractivity contribution in [1.29, 1.82) is 0 Å². The Morgan fingerprint density at radius 1 is 1.13 bits per heavy atom. The van der Waals surface area contributed by atoms with E-state index in [1.807, 2.05) is 0 Å². The largest absolute Gasteiger partial charge is 0.573 e. The highest BCUT2D eigenvalue weighted by Crippen LogP contribution is 2.23. The van der Waals surface area contributed by atoms with Crippen molar-refractivity contribution in [2.24, 2.45) is 10.7 Å². The number of rotatable bonds is 6. The Hall–Kier alpha value is -2.54. The van der Waals surface area contributed by atoms with E-state index in [0.29, 0.717) is 22.3 Å². The minimum Gasteiger partial charge on any atom is -0.406 e. The fourth-order valence-corrected chi connectivity index (χ4v) is 2.36. The van der Waals surface area contributed by atoms with Crippen LogP contribution in [0, 0.1) is 0 Å². The van der Waals surface area contributed by atoms with Crippen LogP contribution in [0.25, 0.3) is 11.4 Å². The van der Waals surface area contributed by atoms with E-state index in [0.717, 1.165) is 5.56 Å². The van der Waals surface area contributed by atoms with Gasteiger partial charge in [0.15, 0.2) is 5.96 Å². The maximum atomic E-state index is 12.1. The van der Waals surface area contributed by atoms with Crippen LogP contribution in [0.2, 0.25) is 5.02 Å². The molecule has 3 rings (SSSR count). The van der Waals surface area contributed by atoms with Gasteiger partial charge in [-0.25, -0.2) is 4.99 Å². The molecule has 160 valence electrons. The third-order valence-electron chi connectivity index (χ3n) is 3.58. The summed E-state index contributed by atoms with van der Waals surface area (Å²) in [5.74, 6) is 0.535. The molecular formula is C18H16ClF3IN5O2. The molecule has 0 saturated heterocycles. The fraction of sp³-hybridized carbons (Fsp3) is 0.167. The van der Waals surface area contributed by atoms with Gasteiger partial charge in [-0.2, -0.15) is 4.98 Å². The highest BCUT2D eigenvalue weighted by molar-refractivity contribution is 14.0. The summed E-state index contributed by atoms with van der Waals surface area (Å²) in [5, 5.41) is 7.30. The Kier molecular flexibility index (Phi) is 8.29. The standard InChI is InChI=1S/C18H15ClF3N5O2.HI/c19-13-5-3-12(4-6-13)16-26-15(29-27-16)10-25-17(23)24-9-11-1-7-14(8-2-11)28-18(20,21)22;/h1-8H,9-10H2,(H3,23,24,25);1H. The number of guanidine groups is 1. The zero-order valence-corrected chi connectivity index (χ0v) is 18.3. The first-order chi connectivity index (χ1) is 13.8. The summed E-state index contributed by atoms with van der Waals surface area (Å²) in [6.07, 6.45) is -4.73. The minimum atomic E-state index is -4.73. The van der Waals surface area contributed by atoms with E-state index in [-0.39, 0.29) is 48.8 Å². The van der Waals surface area contributed by atoms with Gasteiger partial charge in [-0.1, -0.05) is 28.9 Å². The summed E-state index contributed by atoms with van der Waals surface area (Å²) in [4.78, 5) is 8.34. The first-order valence-corrected chi connectivity index (χ1v) is 8.63. The second-order valence-corrected chi connectivity index (χ2v) is 6.20. The first-order valence-electron chi connectivity index (χ1n) is 8.25. The lowest BCUT2D eigenvalue weighted by Crippen LogP contribution is -2.31. The van der Waals surface area contributed by atoms with Crippen LogP contribution in [-0.2, 0) is 13.1 Å². The normalized spacial score (nSPS) is 11.7. The van der Waals surface area contributed by atoms with Crippen molar-refractivity contribution < 1.29 is 22.4 Å². The van der Waals surface area contributed by atoms with Crippen molar-refractivity contribution in [3.63, 3.8) is 0 Å². The van der Waals surface area contributed by atoms with Crippen LogP contribution < -0.4 is 15.8 Å². The first kappa shape index (κ1) is 23.7. The van der Waals surface area contributed by atoms with E-state index in [1.165, 1.54) is 24.3 Å². The van der Waals surface area contributed by atoms with Crippen LogP contribution >= 0.6 is 35.6 Å². The quantitative estimate of drug-likeness (QED) is 0.265. The Balaban J connectivity index is 0.00000320. The van der Waals surface area contributed by atoms with Crippen LogP contribution in [-0.4, -0.2) is 22.5 Å². The second-order valence-electron chi connectivity index (χ2n) is 5.77. The van der Waals surface area contributed by atoms with Crippen molar-refractivity contribution in [2.75, 3.05) is 0 Å². The summed E-state index contributed by atoms with van der Waals surface area (Å²) < 4.78 is 45.4. The predicted octanol–water partition coefficient (Wildman–Crippen LogP) is 4.51. The van der Waals surface area contributed by atoms with Crippen LogP contribution in [0.4, 0.5) is 13.2 Å². The molecule has 0 bridgehead atoms. The number of ether oxygens (including phenoxy) is 1. The van der Waals surface area contributed by atoms with E-state index < -0.39 is 6.36 Å². The number of hydrogen-bond donors (Lipinski definition) is 2. The average Bonchev–Trinajstić information content (AvgIpc) is 3.14. The molecule has 3 N–H and O–H groups in total. The van der Waals surface area contributed by atoms with Crippen molar-refractivity contribution >= 4 is 41.5 Å². The number of alkyl halides is 3. The maximum absolute atomic E-state index is 12.1. The molecule has 7 nitrogen and oxygen atoms in total. The SMILES string of the molecule is I.NC(=NCc1ccc(OC(F)(F)F)cc1)NCc1nc(-c2ccc(Cl)cc2)no1. The summed E-state index contributed by atoms with van der Waals surface area (Å²) in [6.45, 7) is 0.333. The van der Waals surface area contributed by atoms with Gasteiger partial charge < -0.3 is 20.3 Å². The number of halogens is 5. The average molecular weight is 554 g/mol. The molecule has 0 spiro atoms. The second kappa shape index (κ2) is 10.5. The summed E-state index contributed by atoms with van der Waals surface area (Å²) >= 11 is 5.84. The van der Waals surface area contributed by atoms with Gasteiger partial charge in [0.05, 0.1) is 13.1 Å². The molecule has 3 aromatic rings. The fourth-order valence-electron chi connectivity index (χ4n) is 2.24. The van der Waals surface area contributed by atoms with Crippen molar-refractivity contribution in [3.05, 3.63) is 65.0 Å².